The number of hydrogen-bond acceptors (Lipinski definition) is 2. The average Bonchev–Trinajstić information content (AvgIpc) is 2.30. The summed E-state index contributed by atoms with van der Waals surface area (Å²) in [6.45, 7) is 10.9. The highest BCUT2D eigenvalue weighted by atomic mass is 32.2. The Kier molecular flexibility index (Phi) is 7.39. The van der Waals surface area contributed by atoms with Crippen LogP contribution in [0.4, 0.5) is 13.2 Å². The smallest absolute Gasteiger partial charge is 0.405 e. The first kappa shape index (κ1) is 19.9. The van der Waals surface area contributed by atoms with Crippen LogP contribution in [-0.2, 0) is 11.0 Å². The topological polar surface area (TPSA) is 38.3 Å². The predicted octanol–water partition coefficient (Wildman–Crippen LogP) is 4.33. The molecule has 7 heteroatoms. The summed E-state index contributed by atoms with van der Waals surface area (Å²) in [5.41, 5.74) is -0.0883. The van der Waals surface area contributed by atoms with Gasteiger partial charge in [-0.3, -0.25) is 0 Å². The van der Waals surface area contributed by atoms with E-state index in [1.54, 1.807) is 0 Å². The first-order chi connectivity index (χ1) is 9.48. The molecule has 0 aliphatic carbocycles. The van der Waals surface area contributed by atoms with Crippen molar-refractivity contribution in [1.29, 1.82) is 0 Å². The van der Waals surface area contributed by atoms with Crippen molar-refractivity contribution in [3.05, 3.63) is 23.8 Å². The Morgan fingerprint density at radius 3 is 2.10 bits per heavy atom. The molecule has 0 bridgehead atoms. The van der Waals surface area contributed by atoms with E-state index in [1.807, 2.05) is 34.6 Å². The minimum Gasteiger partial charge on any atom is -0.405 e. The minimum absolute atomic E-state index is 0.236. The van der Waals surface area contributed by atoms with Crippen LogP contribution in [0.5, 0.6) is 5.75 Å². The average molecular weight is 325 g/mol. The summed E-state index contributed by atoms with van der Waals surface area (Å²) in [6, 6.07) is 4.09. The van der Waals surface area contributed by atoms with E-state index in [9.17, 15) is 17.4 Å². The van der Waals surface area contributed by atoms with Gasteiger partial charge in [0.1, 0.15) is 16.7 Å². The van der Waals surface area contributed by atoms with E-state index in [1.165, 1.54) is 19.1 Å². The zero-order chi connectivity index (χ0) is 16.8. The Bertz CT molecular complexity index is 482. The van der Waals surface area contributed by atoms with Gasteiger partial charge in [-0.15, -0.1) is 13.2 Å². The lowest BCUT2D eigenvalue weighted by Gasteiger charge is -2.20. The van der Waals surface area contributed by atoms with Gasteiger partial charge in [0, 0.05) is 5.54 Å². The number of benzene rings is 1. The molecule has 0 radical (unpaired) electrons. The Morgan fingerprint density at radius 2 is 1.67 bits per heavy atom. The molecule has 1 aromatic rings. The van der Waals surface area contributed by atoms with Crippen LogP contribution in [0, 0.1) is 6.92 Å². The van der Waals surface area contributed by atoms with Crippen molar-refractivity contribution < 1.29 is 22.1 Å². The highest BCUT2D eigenvalue weighted by molar-refractivity contribution is 7.83. The van der Waals surface area contributed by atoms with Gasteiger partial charge in [-0.1, -0.05) is 19.9 Å². The lowest BCUT2D eigenvalue weighted by molar-refractivity contribution is -0.274. The number of alkyl halides is 3. The molecule has 1 atom stereocenters. The zero-order valence-electron chi connectivity index (χ0n) is 13.1. The zero-order valence-corrected chi connectivity index (χ0v) is 13.9. The quantitative estimate of drug-likeness (QED) is 0.898. The molecule has 1 unspecified atom stereocenters. The summed E-state index contributed by atoms with van der Waals surface area (Å²) in [5.74, 6) is -0.339. The Morgan fingerprint density at radius 1 is 1.14 bits per heavy atom. The number of aryl methyl sites for hydroxylation is 1. The summed E-state index contributed by atoms with van der Waals surface area (Å²) in [4.78, 5) is 0.236. The third-order valence-electron chi connectivity index (χ3n) is 2.00. The van der Waals surface area contributed by atoms with Crippen LogP contribution in [0.1, 0.15) is 40.2 Å². The lowest BCUT2D eigenvalue weighted by Crippen LogP contribution is -2.37. The van der Waals surface area contributed by atoms with Crippen LogP contribution >= 0.6 is 0 Å². The number of halogens is 3. The fraction of sp³-hybridized carbons (Fsp3) is 0.571. The Labute approximate surface area is 126 Å². The second-order valence-corrected chi connectivity index (χ2v) is 6.31. The molecule has 0 saturated heterocycles. The fourth-order valence-electron chi connectivity index (χ4n) is 1.27. The van der Waals surface area contributed by atoms with Gasteiger partial charge in [-0.25, -0.2) is 8.93 Å². The van der Waals surface area contributed by atoms with Crippen molar-refractivity contribution >= 4 is 11.0 Å². The predicted molar refractivity (Wildman–Crippen MR) is 78.5 cm³/mol. The maximum Gasteiger partial charge on any atom is 0.573 e. The maximum absolute atomic E-state index is 12.2. The van der Waals surface area contributed by atoms with E-state index in [4.69, 9.17) is 0 Å². The molecular formula is C14H22F3NO2S. The summed E-state index contributed by atoms with van der Waals surface area (Å²) in [5, 5.41) is 0. The van der Waals surface area contributed by atoms with E-state index in [-0.39, 0.29) is 10.6 Å². The molecule has 122 valence electrons. The fourth-order valence-corrected chi connectivity index (χ4v) is 2.35. The second-order valence-electron chi connectivity index (χ2n) is 5.10. The third-order valence-corrected chi connectivity index (χ3v) is 3.48. The van der Waals surface area contributed by atoms with Crippen molar-refractivity contribution in [2.45, 2.75) is 58.3 Å². The number of nitrogens with one attached hydrogen (secondary N) is 1. The monoisotopic (exact) mass is 325 g/mol. The number of ether oxygens (including phenoxy) is 1. The normalized spacial score (nSPS) is 13.2. The highest BCUT2D eigenvalue weighted by Gasteiger charge is 2.32. The van der Waals surface area contributed by atoms with Gasteiger partial charge in [-0.2, -0.15) is 0 Å². The minimum atomic E-state index is -4.76. The molecule has 0 saturated carbocycles. The third kappa shape index (κ3) is 8.06. The lowest BCUT2D eigenvalue weighted by atomic mass is 10.1. The van der Waals surface area contributed by atoms with E-state index in [2.05, 4.69) is 9.46 Å². The Hall–Kier alpha value is -1.08. The van der Waals surface area contributed by atoms with Gasteiger partial charge in [0.2, 0.25) is 0 Å². The van der Waals surface area contributed by atoms with Crippen LogP contribution in [-0.4, -0.2) is 16.1 Å². The van der Waals surface area contributed by atoms with E-state index in [0.29, 0.717) is 5.56 Å². The van der Waals surface area contributed by atoms with Crippen molar-refractivity contribution in [3.63, 3.8) is 0 Å². The SMILES string of the molecule is CC.Cc1ccc(S(=O)NC(C)(C)C)cc1OC(F)(F)F. The van der Waals surface area contributed by atoms with Crippen molar-refractivity contribution in [2.75, 3.05) is 0 Å². The first-order valence-electron chi connectivity index (χ1n) is 6.54. The van der Waals surface area contributed by atoms with E-state index >= 15 is 0 Å². The van der Waals surface area contributed by atoms with Gasteiger partial charge in [0.15, 0.2) is 0 Å². The van der Waals surface area contributed by atoms with Crippen molar-refractivity contribution in [2.24, 2.45) is 0 Å². The van der Waals surface area contributed by atoms with Crippen LogP contribution in [0.15, 0.2) is 23.1 Å². The molecule has 0 aromatic heterocycles. The molecule has 0 aliphatic heterocycles. The molecule has 1 N–H and O–H groups in total. The first-order valence-corrected chi connectivity index (χ1v) is 7.69. The van der Waals surface area contributed by atoms with Crippen LogP contribution in [0.25, 0.3) is 0 Å². The molecule has 3 nitrogen and oxygen atoms in total. The summed E-state index contributed by atoms with van der Waals surface area (Å²) < 4.78 is 55.3. The molecule has 0 fully saturated rings. The summed E-state index contributed by atoms with van der Waals surface area (Å²) >= 11 is 0. The van der Waals surface area contributed by atoms with Crippen LogP contribution in [0.3, 0.4) is 0 Å². The molecule has 0 amide bonds. The van der Waals surface area contributed by atoms with Gasteiger partial charge in [-0.05, 0) is 45.4 Å². The highest BCUT2D eigenvalue weighted by Crippen LogP contribution is 2.28. The number of hydrogen-bond donors (Lipinski definition) is 1. The number of rotatable bonds is 3. The van der Waals surface area contributed by atoms with Crippen LogP contribution < -0.4 is 9.46 Å². The second kappa shape index (κ2) is 7.79. The Balaban J connectivity index is 0.00000191. The molecule has 1 rings (SSSR count). The molecule has 1 aromatic carbocycles. The van der Waals surface area contributed by atoms with E-state index < -0.39 is 22.9 Å². The van der Waals surface area contributed by atoms with Crippen molar-refractivity contribution in [3.8, 4) is 5.75 Å². The molecular weight excluding hydrogens is 303 g/mol. The van der Waals surface area contributed by atoms with Crippen LogP contribution in [0.2, 0.25) is 0 Å². The van der Waals surface area contributed by atoms with E-state index in [0.717, 1.165) is 6.07 Å². The van der Waals surface area contributed by atoms with Gasteiger partial charge >= 0.3 is 6.36 Å². The molecule has 0 heterocycles. The van der Waals surface area contributed by atoms with Gasteiger partial charge in [0.05, 0.1) is 4.90 Å². The maximum atomic E-state index is 12.2. The molecule has 21 heavy (non-hydrogen) atoms. The standard InChI is InChI=1S/C12H16F3NO2S.C2H6/c1-8-5-6-9(19(17)16-11(2,3)4)7-10(8)18-12(13,14)15;1-2/h5-7,16H,1-4H3;1-2H3. The molecule has 0 spiro atoms. The summed E-state index contributed by atoms with van der Waals surface area (Å²) in [6.07, 6.45) is -4.76. The van der Waals surface area contributed by atoms with Gasteiger partial charge in [0.25, 0.3) is 0 Å². The van der Waals surface area contributed by atoms with Crippen molar-refractivity contribution in [1.82, 2.24) is 4.72 Å². The van der Waals surface area contributed by atoms with Gasteiger partial charge < -0.3 is 4.74 Å². The molecule has 0 aliphatic rings. The summed E-state index contributed by atoms with van der Waals surface area (Å²) in [7, 11) is -1.60. The largest absolute Gasteiger partial charge is 0.573 e.